The molecule has 1 atom stereocenters. The van der Waals surface area contributed by atoms with Crippen LogP contribution in [-0.2, 0) is 11.3 Å². The van der Waals surface area contributed by atoms with Crippen LogP contribution in [-0.4, -0.2) is 25.4 Å². The Morgan fingerprint density at radius 2 is 2.00 bits per heavy atom. The molecule has 0 saturated carbocycles. The van der Waals surface area contributed by atoms with Crippen molar-refractivity contribution >= 4 is 0 Å². The van der Waals surface area contributed by atoms with Crippen LogP contribution in [0.4, 0.5) is 0 Å². The summed E-state index contributed by atoms with van der Waals surface area (Å²) in [7, 11) is 0. The van der Waals surface area contributed by atoms with Crippen LogP contribution in [0.2, 0.25) is 0 Å². The van der Waals surface area contributed by atoms with E-state index in [0.29, 0.717) is 12.1 Å². The summed E-state index contributed by atoms with van der Waals surface area (Å²) in [6.07, 6.45) is 3.77. The second-order valence-corrected chi connectivity index (χ2v) is 6.37. The topological polar surface area (TPSA) is 30.5 Å². The first kappa shape index (κ1) is 16.3. The maximum atomic E-state index is 6.01. The number of rotatable bonds is 7. The first-order chi connectivity index (χ1) is 10.1. The lowest BCUT2D eigenvalue weighted by Gasteiger charge is -2.16. The fourth-order valence-corrected chi connectivity index (χ4v) is 2.86. The van der Waals surface area contributed by atoms with Gasteiger partial charge in [0.25, 0.3) is 0 Å². The second-order valence-electron chi connectivity index (χ2n) is 6.37. The minimum Gasteiger partial charge on any atom is -0.493 e. The van der Waals surface area contributed by atoms with E-state index in [-0.39, 0.29) is 0 Å². The number of hydrogen-bond acceptors (Lipinski definition) is 3. The summed E-state index contributed by atoms with van der Waals surface area (Å²) in [5.41, 5.74) is 3.77. The van der Waals surface area contributed by atoms with Crippen molar-refractivity contribution in [2.45, 2.75) is 65.6 Å². The Hall–Kier alpha value is -1.06. The minimum absolute atomic E-state index is 0.403. The molecule has 3 heteroatoms. The molecule has 118 valence electrons. The van der Waals surface area contributed by atoms with Gasteiger partial charge in [-0.05, 0) is 43.4 Å². The van der Waals surface area contributed by atoms with E-state index in [0.717, 1.165) is 31.9 Å². The molecule has 0 bridgehead atoms. The van der Waals surface area contributed by atoms with E-state index in [9.17, 15) is 0 Å². The van der Waals surface area contributed by atoms with Crippen molar-refractivity contribution < 1.29 is 9.47 Å². The Kier molecular flexibility index (Phi) is 6.07. The third kappa shape index (κ3) is 5.01. The molecule has 1 aromatic rings. The molecule has 2 rings (SSSR count). The summed E-state index contributed by atoms with van der Waals surface area (Å²) < 4.78 is 11.6. The molecule has 0 aliphatic carbocycles. The van der Waals surface area contributed by atoms with Gasteiger partial charge in [-0.2, -0.15) is 0 Å². The lowest BCUT2D eigenvalue weighted by atomic mass is 10.1. The smallest absolute Gasteiger partial charge is 0.125 e. The van der Waals surface area contributed by atoms with E-state index in [1.54, 1.807) is 0 Å². The largest absolute Gasteiger partial charge is 0.493 e. The van der Waals surface area contributed by atoms with Crippen molar-refractivity contribution in [2.75, 3.05) is 13.2 Å². The molecule has 1 aromatic carbocycles. The number of aryl methyl sites for hydroxylation is 2. The molecular formula is C18H29NO2. The first-order valence-corrected chi connectivity index (χ1v) is 8.14. The third-order valence-electron chi connectivity index (χ3n) is 3.94. The monoisotopic (exact) mass is 291 g/mol. The van der Waals surface area contributed by atoms with Crippen LogP contribution in [0.1, 0.15) is 49.8 Å². The van der Waals surface area contributed by atoms with Gasteiger partial charge in [-0.25, -0.2) is 0 Å². The molecular weight excluding hydrogens is 262 g/mol. The molecule has 0 radical (unpaired) electrons. The van der Waals surface area contributed by atoms with Gasteiger partial charge in [-0.3, -0.25) is 0 Å². The van der Waals surface area contributed by atoms with Gasteiger partial charge in [0.15, 0.2) is 0 Å². The van der Waals surface area contributed by atoms with Crippen LogP contribution < -0.4 is 10.1 Å². The Bertz CT molecular complexity index is 428. The van der Waals surface area contributed by atoms with E-state index < -0.39 is 0 Å². The lowest BCUT2D eigenvalue weighted by Crippen LogP contribution is -2.22. The molecule has 1 heterocycles. The maximum absolute atomic E-state index is 6.01. The highest BCUT2D eigenvalue weighted by atomic mass is 16.5. The molecule has 21 heavy (non-hydrogen) atoms. The van der Waals surface area contributed by atoms with Crippen molar-refractivity contribution in [3.05, 3.63) is 28.8 Å². The zero-order valence-electron chi connectivity index (χ0n) is 13.9. The van der Waals surface area contributed by atoms with Crippen molar-refractivity contribution in [2.24, 2.45) is 0 Å². The molecule has 0 amide bonds. The van der Waals surface area contributed by atoms with E-state index in [4.69, 9.17) is 9.47 Å². The Morgan fingerprint density at radius 3 is 2.57 bits per heavy atom. The van der Waals surface area contributed by atoms with Gasteiger partial charge in [-0.15, -0.1) is 0 Å². The predicted molar refractivity (Wildman–Crippen MR) is 87.0 cm³/mol. The summed E-state index contributed by atoms with van der Waals surface area (Å²) in [6.45, 7) is 11.2. The zero-order chi connectivity index (χ0) is 15.2. The predicted octanol–water partition coefficient (Wildman–Crippen LogP) is 3.75. The van der Waals surface area contributed by atoms with Gasteiger partial charge in [-0.1, -0.05) is 26.0 Å². The second kappa shape index (κ2) is 7.81. The van der Waals surface area contributed by atoms with Crippen molar-refractivity contribution in [3.63, 3.8) is 0 Å². The van der Waals surface area contributed by atoms with E-state index in [1.807, 2.05) is 0 Å². The zero-order valence-corrected chi connectivity index (χ0v) is 13.9. The van der Waals surface area contributed by atoms with E-state index in [2.05, 4.69) is 45.1 Å². The van der Waals surface area contributed by atoms with Crippen LogP contribution in [0.15, 0.2) is 12.1 Å². The molecule has 1 unspecified atom stereocenters. The number of ether oxygens (including phenoxy) is 2. The summed E-state index contributed by atoms with van der Waals surface area (Å²) in [6, 6.07) is 4.96. The van der Waals surface area contributed by atoms with Crippen molar-refractivity contribution in [1.82, 2.24) is 5.32 Å². The molecule has 3 nitrogen and oxygen atoms in total. The lowest BCUT2D eigenvalue weighted by molar-refractivity contribution is 0.0901. The summed E-state index contributed by atoms with van der Waals surface area (Å²) in [4.78, 5) is 0. The van der Waals surface area contributed by atoms with Crippen LogP contribution in [0.3, 0.4) is 0 Å². The number of hydrogen-bond donors (Lipinski definition) is 1. The average Bonchev–Trinajstić information content (AvgIpc) is 2.92. The highest BCUT2D eigenvalue weighted by Crippen LogP contribution is 2.26. The summed E-state index contributed by atoms with van der Waals surface area (Å²) in [5, 5.41) is 3.46. The van der Waals surface area contributed by atoms with E-state index in [1.165, 1.54) is 29.5 Å². The number of nitrogens with one attached hydrogen (secondary N) is 1. The SMILES string of the molecule is Cc1cc(CNC(C)C)cc(C)c1OCCC1CCCO1. The summed E-state index contributed by atoms with van der Waals surface area (Å²) >= 11 is 0. The van der Waals surface area contributed by atoms with Crippen LogP contribution in [0.5, 0.6) is 5.75 Å². The molecule has 0 spiro atoms. The third-order valence-corrected chi connectivity index (χ3v) is 3.94. The Labute approximate surface area is 129 Å². The standard InChI is InChI=1S/C18H29NO2/c1-13(2)19-12-16-10-14(3)18(15(4)11-16)21-9-7-17-6-5-8-20-17/h10-11,13,17,19H,5-9,12H2,1-4H3. The van der Waals surface area contributed by atoms with Gasteiger partial charge in [0, 0.05) is 25.6 Å². The fraction of sp³-hybridized carbons (Fsp3) is 0.667. The van der Waals surface area contributed by atoms with Crippen LogP contribution in [0.25, 0.3) is 0 Å². The van der Waals surface area contributed by atoms with Crippen molar-refractivity contribution in [1.29, 1.82) is 0 Å². The van der Waals surface area contributed by atoms with Gasteiger partial charge in [0.2, 0.25) is 0 Å². The van der Waals surface area contributed by atoms with Gasteiger partial charge in [0.05, 0.1) is 12.7 Å². The molecule has 1 aliphatic rings. The fourth-order valence-electron chi connectivity index (χ4n) is 2.86. The minimum atomic E-state index is 0.403. The molecule has 1 fully saturated rings. The number of benzene rings is 1. The molecule has 1 saturated heterocycles. The molecule has 0 aromatic heterocycles. The Morgan fingerprint density at radius 1 is 1.29 bits per heavy atom. The Balaban J connectivity index is 1.89. The van der Waals surface area contributed by atoms with Gasteiger partial charge < -0.3 is 14.8 Å². The average molecular weight is 291 g/mol. The van der Waals surface area contributed by atoms with E-state index >= 15 is 0 Å². The maximum Gasteiger partial charge on any atom is 0.125 e. The van der Waals surface area contributed by atoms with Gasteiger partial charge >= 0.3 is 0 Å². The molecule has 1 N–H and O–H groups in total. The highest BCUT2D eigenvalue weighted by molar-refractivity contribution is 5.43. The van der Waals surface area contributed by atoms with Crippen LogP contribution >= 0.6 is 0 Å². The quantitative estimate of drug-likeness (QED) is 0.830. The summed E-state index contributed by atoms with van der Waals surface area (Å²) in [5.74, 6) is 1.04. The van der Waals surface area contributed by atoms with Gasteiger partial charge in [0.1, 0.15) is 5.75 Å². The van der Waals surface area contributed by atoms with Crippen LogP contribution in [0, 0.1) is 13.8 Å². The molecule has 1 aliphatic heterocycles. The highest BCUT2D eigenvalue weighted by Gasteiger charge is 2.15. The normalized spacial score (nSPS) is 18.4. The van der Waals surface area contributed by atoms with Crippen molar-refractivity contribution in [3.8, 4) is 5.75 Å². The first-order valence-electron chi connectivity index (χ1n) is 8.14.